The highest BCUT2D eigenvalue weighted by Gasteiger charge is 2.12. The van der Waals surface area contributed by atoms with Gasteiger partial charge in [0.2, 0.25) is 0 Å². The number of anilines is 1. The summed E-state index contributed by atoms with van der Waals surface area (Å²) in [5, 5.41) is 11.8. The molecule has 0 radical (unpaired) electrons. The number of hydrogen-bond acceptors (Lipinski definition) is 3. The van der Waals surface area contributed by atoms with Crippen molar-refractivity contribution in [2.45, 2.75) is 6.54 Å². The molecule has 0 aliphatic heterocycles. The lowest BCUT2D eigenvalue weighted by molar-refractivity contribution is 0.0694. The fourth-order valence-corrected chi connectivity index (χ4v) is 1.57. The lowest BCUT2D eigenvalue weighted by Crippen LogP contribution is -2.04. The van der Waals surface area contributed by atoms with Gasteiger partial charge in [-0.05, 0) is 24.3 Å². The molecule has 0 saturated carbocycles. The molecule has 0 saturated heterocycles. The Balaban J connectivity index is 2.09. The molecule has 94 valence electrons. The van der Waals surface area contributed by atoms with Gasteiger partial charge in [0.1, 0.15) is 17.1 Å². The predicted octanol–water partition coefficient (Wildman–Crippen LogP) is 3.38. The van der Waals surface area contributed by atoms with E-state index in [4.69, 9.17) is 21.1 Å². The van der Waals surface area contributed by atoms with E-state index in [0.29, 0.717) is 5.69 Å². The third kappa shape index (κ3) is 2.62. The molecule has 0 unspecified atom stereocenters. The van der Waals surface area contributed by atoms with Crippen molar-refractivity contribution in [2.75, 3.05) is 5.32 Å². The van der Waals surface area contributed by atoms with Gasteiger partial charge in [-0.25, -0.2) is 9.18 Å². The summed E-state index contributed by atoms with van der Waals surface area (Å²) < 4.78 is 18.2. The maximum atomic E-state index is 13.2. The first-order valence-corrected chi connectivity index (χ1v) is 5.44. The predicted molar refractivity (Wildman–Crippen MR) is 64.4 cm³/mol. The van der Waals surface area contributed by atoms with Crippen LogP contribution in [0.3, 0.4) is 0 Å². The van der Waals surface area contributed by atoms with Crippen LogP contribution in [0.5, 0.6) is 0 Å². The van der Waals surface area contributed by atoms with Crippen LogP contribution in [0.25, 0.3) is 0 Å². The SMILES string of the molecule is O=C(O)c1ccoc1CNc1ccc(Cl)c(F)c1. The third-order valence-corrected chi connectivity index (χ3v) is 2.66. The summed E-state index contributed by atoms with van der Waals surface area (Å²) in [5.41, 5.74) is 0.571. The van der Waals surface area contributed by atoms with E-state index in [1.807, 2.05) is 0 Å². The highest BCUT2D eigenvalue weighted by Crippen LogP contribution is 2.20. The van der Waals surface area contributed by atoms with Crippen LogP contribution in [0.2, 0.25) is 5.02 Å². The molecule has 1 aromatic heterocycles. The molecule has 1 heterocycles. The van der Waals surface area contributed by atoms with Crippen LogP contribution in [-0.4, -0.2) is 11.1 Å². The van der Waals surface area contributed by atoms with Crippen LogP contribution in [0.4, 0.5) is 10.1 Å². The number of halogens is 2. The van der Waals surface area contributed by atoms with Crippen molar-refractivity contribution in [1.29, 1.82) is 0 Å². The number of carbonyl (C=O) groups is 1. The summed E-state index contributed by atoms with van der Waals surface area (Å²) in [6.07, 6.45) is 1.29. The highest BCUT2D eigenvalue weighted by molar-refractivity contribution is 6.30. The molecule has 0 aliphatic rings. The lowest BCUT2D eigenvalue weighted by Gasteiger charge is -2.05. The second kappa shape index (κ2) is 5.10. The minimum atomic E-state index is -1.07. The molecule has 4 nitrogen and oxygen atoms in total. The second-order valence-corrected chi connectivity index (χ2v) is 3.95. The van der Waals surface area contributed by atoms with Gasteiger partial charge in [0.15, 0.2) is 0 Å². The topological polar surface area (TPSA) is 62.5 Å². The quantitative estimate of drug-likeness (QED) is 0.893. The van der Waals surface area contributed by atoms with Gasteiger partial charge in [-0.15, -0.1) is 0 Å². The first-order chi connectivity index (χ1) is 8.58. The Morgan fingerprint density at radius 1 is 1.44 bits per heavy atom. The first kappa shape index (κ1) is 12.4. The molecule has 0 bridgehead atoms. The number of aromatic carboxylic acids is 1. The number of rotatable bonds is 4. The summed E-state index contributed by atoms with van der Waals surface area (Å²) in [6.45, 7) is 0.149. The zero-order valence-electron chi connectivity index (χ0n) is 9.11. The maximum absolute atomic E-state index is 13.2. The van der Waals surface area contributed by atoms with Crippen molar-refractivity contribution < 1.29 is 18.7 Å². The summed E-state index contributed by atoms with van der Waals surface area (Å²) >= 11 is 5.55. The smallest absolute Gasteiger partial charge is 0.339 e. The molecular formula is C12H9ClFNO3. The molecule has 0 spiro atoms. The van der Waals surface area contributed by atoms with Crippen LogP contribution in [0.15, 0.2) is 34.9 Å². The van der Waals surface area contributed by atoms with E-state index < -0.39 is 11.8 Å². The van der Waals surface area contributed by atoms with Gasteiger partial charge in [-0.2, -0.15) is 0 Å². The Bertz CT molecular complexity index is 582. The van der Waals surface area contributed by atoms with E-state index in [1.54, 1.807) is 6.07 Å². The Morgan fingerprint density at radius 2 is 2.22 bits per heavy atom. The van der Waals surface area contributed by atoms with Crippen molar-refractivity contribution in [3.05, 3.63) is 52.7 Å². The molecule has 2 rings (SSSR count). The summed E-state index contributed by atoms with van der Waals surface area (Å²) in [5.74, 6) is -1.33. The number of hydrogen-bond donors (Lipinski definition) is 2. The fourth-order valence-electron chi connectivity index (χ4n) is 1.46. The van der Waals surface area contributed by atoms with Gasteiger partial charge in [-0.3, -0.25) is 0 Å². The minimum Gasteiger partial charge on any atom is -0.478 e. The highest BCUT2D eigenvalue weighted by atomic mass is 35.5. The molecule has 18 heavy (non-hydrogen) atoms. The molecule has 6 heteroatoms. The lowest BCUT2D eigenvalue weighted by atomic mass is 10.2. The Morgan fingerprint density at radius 3 is 2.89 bits per heavy atom. The number of furan rings is 1. The molecule has 0 fully saturated rings. The average molecular weight is 270 g/mol. The van der Waals surface area contributed by atoms with Crippen molar-refractivity contribution >= 4 is 23.3 Å². The van der Waals surface area contributed by atoms with E-state index in [-0.39, 0.29) is 22.9 Å². The average Bonchev–Trinajstić information content (AvgIpc) is 2.79. The zero-order chi connectivity index (χ0) is 13.1. The molecule has 1 aromatic carbocycles. The molecule has 0 aliphatic carbocycles. The Labute approximate surface area is 107 Å². The molecule has 2 N–H and O–H groups in total. The number of carboxylic acid groups (broad SMARTS) is 1. The second-order valence-electron chi connectivity index (χ2n) is 3.55. The maximum Gasteiger partial charge on any atom is 0.339 e. The standard InChI is InChI=1S/C12H9ClFNO3/c13-9-2-1-7(5-10(9)14)15-6-11-8(12(16)17)3-4-18-11/h1-5,15H,6H2,(H,16,17). The normalized spacial score (nSPS) is 10.3. The van der Waals surface area contributed by atoms with Crippen molar-refractivity contribution in [2.24, 2.45) is 0 Å². The fraction of sp³-hybridized carbons (Fsp3) is 0.0833. The van der Waals surface area contributed by atoms with Crippen molar-refractivity contribution in [3.8, 4) is 0 Å². The molecular weight excluding hydrogens is 261 g/mol. The molecule has 2 aromatic rings. The number of benzene rings is 1. The van der Waals surface area contributed by atoms with E-state index in [2.05, 4.69) is 5.32 Å². The number of carboxylic acids is 1. The van der Waals surface area contributed by atoms with E-state index in [0.717, 1.165) is 0 Å². The summed E-state index contributed by atoms with van der Waals surface area (Å²) in [7, 11) is 0. The van der Waals surface area contributed by atoms with E-state index in [9.17, 15) is 9.18 Å². The van der Waals surface area contributed by atoms with E-state index in [1.165, 1.54) is 24.5 Å². The van der Waals surface area contributed by atoms with Crippen molar-refractivity contribution in [1.82, 2.24) is 0 Å². The van der Waals surface area contributed by atoms with Crippen LogP contribution < -0.4 is 5.32 Å². The van der Waals surface area contributed by atoms with Gasteiger partial charge in [0, 0.05) is 5.69 Å². The largest absolute Gasteiger partial charge is 0.478 e. The van der Waals surface area contributed by atoms with Crippen molar-refractivity contribution in [3.63, 3.8) is 0 Å². The van der Waals surface area contributed by atoms with Gasteiger partial charge in [-0.1, -0.05) is 11.6 Å². The number of nitrogens with one attached hydrogen (secondary N) is 1. The van der Waals surface area contributed by atoms with Gasteiger partial charge >= 0.3 is 5.97 Å². The van der Waals surface area contributed by atoms with Gasteiger partial charge in [0.25, 0.3) is 0 Å². The van der Waals surface area contributed by atoms with Crippen LogP contribution in [-0.2, 0) is 6.54 Å². The summed E-state index contributed by atoms with van der Waals surface area (Å²) in [6, 6.07) is 5.60. The summed E-state index contributed by atoms with van der Waals surface area (Å²) in [4.78, 5) is 10.8. The van der Waals surface area contributed by atoms with Crippen LogP contribution in [0.1, 0.15) is 16.1 Å². The monoisotopic (exact) mass is 269 g/mol. The zero-order valence-corrected chi connectivity index (χ0v) is 9.87. The molecule has 0 amide bonds. The van der Waals surface area contributed by atoms with E-state index >= 15 is 0 Å². The first-order valence-electron chi connectivity index (χ1n) is 5.06. The van der Waals surface area contributed by atoms with Crippen LogP contribution >= 0.6 is 11.6 Å². The third-order valence-electron chi connectivity index (χ3n) is 2.35. The van der Waals surface area contributed by atoms with Gasteiger partial charge in [0.05, 0.1) is 17.8 Å². The Kier molecular flexibility index (Phi) is 3.53. The van der Waals surface area contributed by atoms with Crippen LogP contribution in [0, 0.1) is 5.82 Å². The Hall–Kier alpha value is -2.01. The molecule has 0 atom stereocenters. The van der Waals surface area contributed by atoms with Gasteiger partial charge < -0.3 is 14.8 Å². The minimum absolute atomic E-state index is 0.0322.